The van der Waals surface area contributed by atoms with Gasteiger partial charge in [0.05, 0.1) is 29.0 Å². The second-order valence-corrected chi connectivity index (χ2v) is 8.91. The fourth-order valence-electron chi connectivity index (χ4n) is 4.46. The minimum Gasteiger partial charge on any atom is -0.280 e. The van der Waals surface area contributed by atoms with Crippen molar-refractivity contribution in [2.45, 2.75) is 70.1 Å². The van der Waals surface area contributed by atoms with Gasteiger partial charge in [0.2, 0.25) is 0 Å². The van der Waals surface area contributed by atoms with Crippen LogP contribution in [0.15, 0.2) is 40.6 Å². The summed E-state index contributed by atoms with van der Waals surface area (Å²) in [6.07, 6.45) is 2.19. The van der Waals surface area contributed by atoms with E-state index in [1.54, 1.807) is 16.9 Å². The van der Waals surface area contributed by atoms with Crippen molar-refractivity contribution in [2.24, 2.45) is 16.1 Å². The van der Waals surface area contributed by atoms with Gasteiger partial charge in [-0.3, -0.25) is 10.4 Å². The number of halogens is 3. The van der Waals surface area contributed by atoms with E-state index >= 15 is 0 Å². The predicted molar refractivity (Wildman–Crippen MR) is 113 cm³/mol. The maximum Gasteiger partial charge on any atom is 0.416 e. The van der Waals surface area contributed by atoms with E-state index in [0.717, 1.165) is 49.5 Å². The summed E-state index contributed by atoms with van der Waals surface area (Å²) in [5, 5.41) is 3.28. The number of hydrogen-bond donors (Lipinski definition) is 1. The molecule has 0 saturated heterocycles. The third-order valence-electron chi connectivity index (χ3n) is 6.42. The molecule has 166 valence electrons. The standard InChI is InChI=1S/C22H26F3N5O/c1-21(2,29-31)15-6-8-17(9-7-15)27-19-10-11-20-26-13-18(30(20)28-19)14-4-3-5-16(12-14)22(23,24)25/h3-5,12-13,15,17H,6-11H2,1-2H3,(H,27,28). The number of amidine groups is 1. The zero-order valence-electron chi connectivity index (χ0n) is 17.6. The molecule has 2 heterocycles. The highest BCUT2D eigenvalue weighted by molar-refractivity contribution is 5.91. The molecule has 2 aromatic rings. The molecule has 1 fully saturated rings. The van der Waals surface area contributed by atoms with E-state index in [0.29, 0.717) is 24.1 Å². The lowest BCUT2D eigenvalue weighted by atomic mass is 9.76. The fourth-order valence-corrected chi connectivity index (χ4v) is 4.46. The Labute approximate surface area is 178 Å². The molecule has 4 rings (SSSR count). The second-order valence-electron chi connectivity index (χ2n) is 8.91. The minimum atomic E-state index is -4.40. The summed E-state index contributed by atoms with van der Waals surface area (Å²) < 4.78 is 41.1. The zero-order valence-corrected chi connectivity index (χ0v) is 17.6. The minimum absolute atomic E-state index is 0.170. The van der Waals surface area contributed by atoms with Gasteiger partial charge in [-0.15, -0.1) is 0 Å². The van der Waals surface area contributed by atoms with Gasteiger partial charge in [-0.2, -0.15) is 18.1 Å². The number of nitroso groups, excluding NO2 is 1. The average Bonchev–Trinajstić information content (AvgIpc) is 3.17. The van der Waals surface area contributed by atoms with E-state index in [-0.39, 0.29) is 12.0 Å². The van der Waals surface area contributed by atoms with Crippen LogP contribution in [0.1, 0.15) is 57.3 Å². The highest BCUT2D eigenvalue weighted by Gasteiger charge is 2.34. The largest absolute Gasteiger partial charge is 0.416 e. The van der Waals surface area contributed by atoms with E-state index < -0.39 is 17.3 Å². The average molecular weight is 433 g/mol. The molecule has 0 bridgehead atoms. The topological polar surface area (TPSA) is 71.6 Å². The first-order valence-electron chi connectivity index (χ1n) is 10.6. The Morgan fingerprint density at radius 1 is 1.13 bits per heavy atom. The lowest BCUT2D eigenvalue weighted by Crippen LogP contribution is -2.35. The molecule has 1 aliphatic carbocycles. The molecular formula is C22H26F3N5O. The van der Waals surface area contributed by atoms with Gasteiger partial charge >= 0.3 is 6.18 Å². The summed E-state index contributed by atoms with van der Waals surface area (Å²) in [7, 11) is 0. The van der Waals surface area contributed by atoms with Crippen LogP contribution in [0.4, 0.5) is 13.2 Å². The molecule has 1 N–H and O–H groups in total. The first kappa shape index (κ1) is 21.5. The van der Waals surface area contributed by atoms with E-state index in [1.165, 1.54) is 6.07 Å². The fraction of sp³-hybridized carbons (Fsp3) is 0.545. The number of hydrogen-bond acceptors (Lipinski definition) is 4. The highest BCUT2D eigenvalue weighted by atomic mass is 19.4. The Kier molecular flexibility index (Phi) is 5.61. The maximum atomic E-state index is 13.1. The molecule has 0 amide bonds. The third-order valence-corrected chi connectivity index (χ3v) is 6.42. The van der Waals surface area contributed by atoms with Gasteiger partial charge in [-0.1, -0.05) is 17.3 Å². The Morgan fingerprint density at radius 2 is 1.87 bits per heavy atom. The molecule has 0 spiro atoms. The van der Waals surface area contributed by atoms with Crippen molar-refractivity contribution in [3.05, 3.63) is 46.8 Å². The lowest BCUT2D eigenvalue weighted by Gasteiger charge is -2.34. The van der Waals surface area contributed by atoms with E-state index in [9.17, 15) is 18.1 Å². The Hall–Kier alpha value is -2.71. The SMILES string of the molecule is CC(C)(N=O)C1CCC(N=C2CCc3ncc(-c4cccc(C(F)(F)F)c4)n3N2)CC1. The first-order valence-corrected chi connectivity index (χ1v) is 10.6. The number of aromatic nitrogens is 2. The van der Waals surface area contributed by atoms with Crippen LogP contribution < -0.4 is 5.43 Å². The number of alkyl halides is 3. The summed E-state index contributed by atoms with van der Waals surface area (Å²) >= 11 is 0. The van der Waals surface area contributed by atoms with Crippen molar-refractivity contribution in [2.75, 3.05) is 5.43 Å². The van der Waals surface area contributed by atoms with Crippen molar-refractivity contribution in [1.29, 1.82) is 0 Å². The summed E-state index contributed by atoms with van der Waals surface area (Å²) in [6, 6.07) is 5.43. The number of fused-ring (bicyclic) bond motifs is 1. The molecule has 1 aromatic carbocycles. The maximum absolute atomic E-state index is 13.1. The first-order chi connectivity index (χ1) is 14.7. The molecule has 0 radical (unpaired) electrons. The van der Waals surface area contributed by atoms with Crippen LogP contribution in [-0.2, 0) is 12.6 Å². The van der Waals surface area contributed by atoms with Gasteiger partial charge in [-0.05, 0) is 57.6 Å². The normalized spacial score (nSPS) is 23.3. The van der Waals surface area contributed by atoms with Crippen LogP contribution in [0, 0.1) is 10.8 Å². The van der Waals surface area contributed by atoms with Gasteiger partial charge in [0.15, 0.2) is 0 Å². The molecular weight excluding hydrogens is 407 g/mol. The number of nitrogens with zero attached hydrogens (tertiary/aromatic N) is 4. The molecule has 2 aliphatic rings. The van der Waals surface area contributed by atoms with Crippen molar-refractivity contribution < 1.29 is 13.2 Å². The molecule has 31 heavy (non-hydrogen) atoms. The summed E-state index contributed by atoms with van der Waals surface area (Å²) in [5.41, 5.74) is 3.05. The van der Waals surface area contributed by atoms with E-state index in [4.69, 9.17) is 4.99 Å². The second kappa shape index (κ2) is 8.09. The number of benzene rings is 1. The summed E-state index contributed by atoms with van der Waals surface area (Å²) in [6.45, 7) is 3.77. The molecule has 0 unspecified atom stereocenters. The van der Waals surface area contributed by atoms with E-state index in [1.807, 2.05) is 13.8 Å². The van der Waals surface area contributed by atoms with Gasteiger partial charge in [0, 0.05) is 18.4 Å². The van der Waals surface area contributed by atoms with Crippen LogP contribution in [0.2, 0.25) is 0 Å². The number of aliphatic imine (C=N–C) groups is 1. The number of aryl methyl sites for hydroxylation is 1. The Bertz CT molecular complexity index is 987. The van der Waals surface area contributed by atoms with Gasteiger partial charge in [0.1, 0.15) is 11.7 Å². The van der Waals surface area contributed by atoms with Crippen LogP contribution in [0.25, 0.3) is 11.3 Å². The van der Waals surface area contributed by atoms with Gasteiger partial charge in [-0.25, -0.2) is 9.66 Å². The third kappa shape index (κ3) is 4.50. The molecule has 6 nitrogen and oxygen atoms in total. The van der Waals surface area contributed by atoms with E-state index in [2.05, 4.69) is 15.6 Å². The predicted octanol–water partition coefficient (Wildman–Crippen LogP) is 5.56. The number of rotatable bonds is 4. The quantitative estimate of drug-likeness (QED) is 0.642. The van der Waals surface area contributed by atoms with Crippen LogP contribution >= 0.6 is 0 Å². The van der Waals surface area contributed by atoms with Crippen LogP contribution in [0.3, 0.4) is 0 Å². The Morgan fingerprint density at radius 3 is 2.55 bits per heavy atom. The summed E-state index contributed by atoms with van der Waals surface area (Å²) in [4.78, 5) is 20.3. The molecule has 0 atom stereocenters. The molecule has 9 heteroatoms. The Balaban J connectivity index is 1.50. The highest BCUT2D eigenvalue weighted by Crippen LogP contribution is 2.36. The number of imidazole rings is 1. The van der Waals surface area contributed by atoms with Crippen LogP contribution in [0.5, 0.6) is 0 Å². The van der Waals surface area contributed by atoms with Crippen molar-refractivity contribution >= 4 is 5.84 Å². The molecule has 1 aliphatic heterocycles. The molecule has 1 aromatic heterocycles. The van der Waals surface area contributed by atoms with Crippen molar-refractivity contribution in [3.63, 3.8) is 0 Å². The van der Waals surface area contributed by atoms with Gasteiger partial charge in [0.25, 0.3) is 0 Å². The number of nitrogens with one attached hydrogen (secondary N) is 1. The van der Waals surface area contributed by atoms with Crippen molar-refractivity contribution in [3.8, 4) is 11.3 Å². The zero-order chi connectivity index (χ0) is 22.2. The smallest absolute Gasteiger partial charge is 0.280 e. The lowest BCUT2D eigenvalue weighted by molar-refractivity contribution is -0.137. The molecule has 1 saturated carbocycles. The van der Waals surface area contributed by atoms with Crippen LogP contribution in [-0.4, -0.2) is 27.1 Å². The van der Waals surface area contributed by atoms with Crippen molar-refractivity contribution in [1.82, 2.24) is 9.66 Å². The monoisotopic (exact) mass is 433 g/mol. The summed E-state index contributed by atoms with van der Waals surface area (Å²) in [5.74, 6) is 1.86. The van der Waals surface area contributed by atoms with Gasteiger partial charge < -0.3 is 0 Å².